The zero-order valence-corrected chi connectivity index (χ0v) is 32.2. The van der Waals surface area contributed by atoms with Crippen LogP contribution in [-0.4, -0.2) is 0 Å². The summed E-state index contributed by atoms with van der Waals surface area (Å²) in [6.45, 7) is 0. The summed E-state index contributed by atoms with van der Waals surface area (Å²) in [7, 11) is 0. The number of nitrogens with zero attached hydrogens (tertiary/aromatic N) is 1. The number of hydrogen-bond acceptors (Lipinski definition) is 1. The van der Waals surface area contributed by atoms with E-state index in [1.165, 1.54) is 93.9 Å². The Labute approximate surface area is 336 Å². The van der Waals surface area contributed by atoms with Gasteiger partial charge in [0.15, 0.2) is 0 Å². The maximum absolute atomic E-state index is 2.55. The lowest BCUT2D eigenvalue weighted by atomic mass is 9.87. The van der Waals surface area contributed by atoms with Gasteiger partial charge in [-0.25, -0.2) is 0 Å². The predicted molar refractivity (Wildman–Crippen MR) is 243 cm³/mol. The third-order valence-corrected chi connectivity index (χ3v) is 12.0. The van der Waals surface area contributed by atoms with Gasteiger partial charge in [-0.2, -0.15) is 0 Å². The van der Waals surface area contributed by atoms with Crippen molar-refractivity contribution in [3.8, 4) is 33.4 Å². The van der Waals surface area contributed by atoms with Crippen molar-refractivity contribution in [1.29, 1.82) is 0 Å². The molecule has 1 nitrogen and oxygen atoms in total. The zero-order valence-electron chi connectivity index (χ0n) is 32.2. The lowest BCUT2D eigenvalue weighted by molar-refractivity contribution is 0.851. The fourth-order valence-corrected chi connectivity index (χ4v) is 9.18. The minimum absolute atomic E-state index is 0.959. The van der Waals surface area contributed by atoms with Gasteiger partial charge in [0.05, 0.1) is 0 Å². The van der Waals surface area contributed by atoms with Gasteiger partial charge in [-0.05, 0) is 146 Å². The van der Waals surface area contributed by atoms with E-state index in [1.807, 2.05) is 0 Å². The summed E-state index contributed by atoms with van der Waals surface area (Å²) in [4.78, 5) is 2.55. The van der Waals surface area contributed by atoms with Crippen LogP contribution in [0.1, 0.15) is 44.1 Å². The van der Waals surface area contributed by atoms with E-state index in [0.717, 1.165) is 38.5 Å². The second-order valence-electron chi connectivity index (χ2n) is 15.4. The van der Waals surface area contributed by atoms with Crippen LogP contribution >= 0.6 is 0 Å². The summed E-state index contributed by atoms with van der Waals surface area (Å²) in [5, 5.41) is 5.18. The van der Waals surface area contributed by atoms with Gasteiger partial charge >= 0.3 is 0 Å². The number of benzene rings is 7. The number of allylic oxidation sites excluding steroid dienone is 8. The number of fused-ring (bicyclic) bond motifs is 2. The highest BCUT2D eigenvalue weighted by Gasteiger charge is 2.23. The van der Waals surface area contributed by atoms with Crippen molar-refractivity contribution < 1.29 is 0 Å². The van der Waals surface area contributed by atoms with Gasteiger partial charge < -0.3 is 4.90 Å². The molecule has 0 N–H and O–H groups in total. The Hall–Kier alpha value is -6.70. The molecule has 7 aromatic carbocycles. The van der Waals surface area contributed by atoms with Crippen LogP contribution in [0.2, 0.25) is 0 Å². The molecule has 0 aliphatic heterocycles. The van der Waals surface area contributed by atoms with Crippen molar-refractivity contribution in [3.05, 3.63) is 227 Å². The van der Waals surface area contributed by atoms with Crippen molar-refractivity contribution >= 4 is 33.8 Å². The molecule has 0 radical (unpaired) electrons. The summed E-state index contributed by atoms with van der Waals surface area (Å²) in [5.41, 5.74) is 16.8. The first-order valence-electron chi connectivity index (χ1n) is 20.5. The van der Waals surface area contributed by atoms with Gasteiger partial charge in [0, 0.05) is 17.1 Å². The summed E-state index contributed by atoms with van der Waals surface area (Å²) < 4.78 is 0. The van der Waals surface area contributed by atoms with E-state index < -0.39 is 0 Å². The maximum atomic E-state index is 2.55. The first-order valence-corrected chi connectivity index (χ1v) is 20.5. The Morgan fingerprint density at radius 3 is 1.82 bits per heavy atom. The Morgan fingerprint density at radius 2 is 1.09 bits per heavy atom. The van der Waals surface area contributed by atoms with Gasteiger partial charge in [0.25, 0.3) is 0 Å². The van der Waals surface area contributed by atoms with E-state index in [1.54, 1.807) is 0 Å². The van der Waals surface area contributed by atoms with Gasteiger partial charge in [-0.3, -0.25) is 0 Å². The van der Waals surface area contributed by atoms with Gasteiger partial charge in [0.1, 0.15) is 0 Å². The molecule has 0 atom stereocenters. The molecule has 0 spiro atoms. The van der Waals surface area contributed by atoms with E-state index in [4.69, 9.17) is 0 Å². The molecule has 0 amide bonds. The molecule has 10 rings (SSSR count). The normalized spacial score (nSPS) is 14.9. The van der Waals surface area contributed by atoms with Crippen molar-refractivity contribution in [1.82, 2.24) is 0 Å². The van der Waals surface area contributed by atoms with Crippen molar-refractivity contribution in [2.24, 2.45) is 0 Å². The number of anilines is 2. The average molecular weight is 732 g/mol. The Kier molecular flexibility index (Phi) is 9.42. The highest BCUT2D eigenvalue weighted by Crippen LogP contribution is 2.44. The number of hydrogen-bond donors (Lipinski definition) is 0. The molecule has 0 bridgehead atoms. The van der Waals surface area contributed by atoms with Crippen molar-refractivity contribution in [3.63, 3.8) is 0 Å². The van der Waals surface area contributed by atoms with Crippen LogP contribution in [0.15, 0.2) is 211 Å². The lowest BCUT2D eigenvalue weighted by Gasteiger charge is -2.32. The second kappa shape index (κ2) is 15.4. The standard InChI is InChI=1S/C56H45N/c1-4-16-40(17-5-1)41-30-32-46(33-31-41)57(47-34-36-51(42-18-6-2-7-19-42)55(38-47)53-28-14-24-44-22-10-12-26-49(44)53)48-35-37-52(43-20-8-3-9-21-43)56(39-48)54-29-15-25-45-23-11-13-27-50(45)54/h1-4,6-14,16,18-28,30,32,34-39H,5,15,17,29,31,33H2. The predicted octanol–water partition coefficient (Wildman–Crippen LogP) is 13.6. The molecule has 0 aromatic heterocycles. The van der Waals surface area contributed by atoms with E-state index >= 15 is 0 Å². The highest BCUT2D eigenvalue weighted by molar-refractivity contribution is 6.01. The third kappa shape index (κ3) is 6.81. The molecule has 0 fully saturated rings. The van der Waals surface area contributed by atoms with Crippen molar-refractivity contribution in [2.75, 3.05) is 4.90 Å². The minimum atomic E-state index is 0.959. The van der Waals surface area contributed by atoms with Crippen LogP contribution in [-0.2, 0) is 0 Å². The topological polar surface area (TPSA) is 3.24 Å². The monoisotopic (exact) mass is 731 g/mol. The molecule has 57 heavy (non-hydrogen) atoms. The average Bonchev–Trinajstić information content (AvgIpc) is 3.30. The lowest BCUT2D eigenvalue weighted by Crippen LogP contribution is -2.29. The summed E-state index contributed by atoms with van der Waals surface area (Å²) in [6, 6.07) is 60.6. The molecule has 1 heteroatoms. The van der Waals surface area contributed by atoms with Crippen LogP contribution in [0.3, 0.4) is 0 Å². The van der Waals surface area contributed by atoms with E-state index in [2.05, 4.69) is 205 Å². The molecular weight excluding hydrogens is 687 g/mol. The van der Waals surface area contributed by atoms with Crippen LogP contribution in [0.5, 0.6) is 0 Å². The first kappa shape index (κ1) is 34.8. The molecule has 3 aliphatic carbocycles. The van der Waals surface area contributed by atoms with Crippen LogP contribution in [0, 0.1) is 0 Å². The zero-order chi connectivity index (χ0) is 38.0. The summed E-state index contributed by atoms with van der Waals surface area (Å²) in [6.07, 6.45) is 20.3. The van der Waals surface area contributed by atoms with Gasteiger partial charge in [0.2, 0.25) is 0 Å². The van der Waals surface area contributed by atoms with Gasteiger partial charge in [-0.1, -0.05) is 170 Å². The Bertz CT molecular complexity index is 2880. The summed E-state index contributed by atoms with van der Waals surface area (Å²) >= 11 is 0. The number of rotatable bonds is 8. The molecule has 3 aliphatic rings. The van der Waals surface area contributed by atoms with E-state index in [9.17, 15) is 0 Å². The van der Waals surface area contributed by atoms with Crippen molar-refractivity contribution in [2.45, 2.75) is 38.5 Å². The quantitative estimate of drug-likeness (QED) is 0.150. The highest BCUT2D eigenvalue weighted by atomic mass is 15.1. The molecule has 0 saturated carbocycles. The molecule has 0 heterocycles. The fourth-order valence-electron chi connectivity index (χ4n) is 9.18. The van der Waals surface area contributed by atoms with E-state index in [0.29, 0.717) is 0 Å². The Morgan fingerprint density at radius 1 is 0.421 bits per heavy atom. The smallest absolute Gasteiger partial charge is 0.0465 e. The first-order chi connectivity index (χ1) is 28.3. The third-order valence-electron chi connectivity index (χ3n) is 12.0. The summed E-state index contributed by atoms with van der Waals surface area (Å²) in [5.74, 6) is 0. The minimum Gasteiger partial charge on any atom is -0.314 e. The van der Waals surface area contributed by atoms with E-state index in [-0.39, 0.29) is 0 Å². The molecule has 274 valence electrons. The fraction of sp³-hybridized carbons (Fsp3) is 0.107. The molecule has 0 saturated heterocycles. The maximum Gasteiger partial charge on any atom is 0.0465 e. The van der Waals surface area contributed by atoms with Crippen LogP contribution < -0.4 is 15.3 Å². The van der Waals surface area contributed by atoms with Gasteiger partial charge in [-0.15, -0.1) is 0 Å². The Balaban J connectivity index is 1.21. The molecule has 7 aromatic rings. The largest absolute Gasteiger partial charge is 0.314 e. The molecular formula is C56H45N. The van der Waals surface area contributed by atoms with Crippen LogP contribution in [0.25, 0.3) is 55.8 Å². The SMILES string of the molecule is C1=CCCC(C2=CC=C(N(c3ccc(-c4ccccc4)c(C4=c5ccccc5=CCC4)c3)c3ccc(-c4ccccc4)c(-c4cccc5ccccc45)c3)CC2)=C1. The second-order valence-corrected chi connectivity index (χ2v) is 15.4. The van der Waals surface area contributed by atoms with Crippen LogP contribution in [0.4, 0.5) is 11.4 Å². The molecule has 0 unspecified atom stereocenters.